The summed E-state index contributed by atoms with van der Waals surface area (Å²) < 4.78 is 6.38. The Bertz CT molecular complexity index is 273. The summed E-state index contributed by atoms with van der Waals surface area (Å²) in [6.07, 6.45) is 0. The second kappa shape index (κ2) is 3.38. The molecule has 0 bridgehead atoms. The SMILES string of the molecule is COc1c(C(C)(C)C)csc1Br. The van der Waals surface area contributed by atoms with Gasteiger partial charge < -0.3 is 4.74 Å². The first-order valence-electron chi connectivity index (χ1n) is 3.78. The molecule has 0 N–H and O–H groups in total. The molecule has 0 atom stereocenters. The minimum atomic E-state index is 0.161. The van der Waals surface area contributed by atoms with Gasteiger partial charge in [0, 0.05) is 5.56 Å². The van der Waals surface area contributed by atoms with Gasteiger partial charge in [-0.15, -0.1) is 11.3 Å². The van der Waals surface area contributed by atoms with Crippen LogP contribution in [0.3, 0.4) is 0 Å². The van der Waals surface area contributed by atoms with E-state index in [1.165, 1.54) is 5.56 Å². The van der Waals surface area contributed by atoms with E-state index < -0.39 is 0 Å². The van der Waals surface area contributed by atoms with Crippen LogP contribution in [0.25, 0.3) is 0 Å². The van der Waals surface area contributed by atoms with Gasteiger partial charge in [0.15, 0.2) is 0 Å². The highest BCUT2D eigenvalue weighted by molar-refractivity contribution is 9.11. The monoisotopic (exact) mass is 248 g/mol. The molecule has 0 radical (unpaired) electrons. The van der Waals surface area contributed by atoms with Crippen LogP contribution in [0.2, 0.25) is 0 Å². The first kappa shape index (κ1) is 10.1. The van der Waals surface area contributed by atoms with E-state index in [2.05, 4.69) is 42.1 Å². The topological polar surface area (TPSA) is 9.23 Å². The lowest BCUT2D eigenvalue weighted by atomic mass is 9.89. The van der Waals surface area contributed by atoms with Crippen molar-refractivity contribution in [3.05, 3.63) is 14.7 Å². The van der Waals surface area contributed by atoms with Crippen molar-refractivity contribution in [3.63, 3.8) is 0 Å². The van der Waals surface area contributed by atoms with E-state index in [1.54, 1.807) is 18.4 Å². The zero-order valence-electron chi connectivity index (χ0n) is 7.77. The van der Waals surface area contributed by atoms with Crippen LogP contribution in [0.4, 0.5) is 0 Å². The highest BCUT2D eigenvalue weighted by atomic mass is 79.9. The van der Waals surface area contributed by atoms with Gasteiger partial charge in [-0.05, 0) is 26.7 Å². The molecule has 68 valence electrons. The van der Waals surface area contributed by atoms with Gasteiger partial charge in [0.25, 0.3) is 0 Å². The molecule has 0 fully saturated rings. The predicted octanol–water partition coefficient (Wildman–Crippen LogP) is 3.82. The largest absolute Gasteiger partial charge is 0.494 e. The highest BCUT2D eigenvalue weighted by Gasteiger charge is 2.21. The molecular formula is C9H13BrOS. The third-order valence-corrected chi connectivity index (χ3v) is 3.38. The van der Waals surface area contributed by atoms with Gasteiger partial charge in [0.1, 0.15) is 9.54 Å². The van der Waals surface area contributed by atoms with Crippen LogP contribution in [0.15, 0.2) is 9.17 Å². The Morgan fingerprint density at radius 1 is 1.42 bits per heavy atom. The molecule has 0 aromatic carbocycles. The van der Waals surface area contributed by atoms with Crippen molar-refractivity contribution in [3.8, 4) is 5.75 Å². The lowest BCUT2D eigenvalue weighted by molar-refractivity contribution is 0.398. The Labute approximate surface area is 85.9 Å². The van der Waals surface area contributed by atoms with Crippen LogP contribution in [-0.4, -0.2) is 7.11 Å². The molecule has 0 aliphatic carbocycles. The fraction of sp³-hybridized carbons (Fsp3) is 0.556. The number of methoxy groups -OCH3 is 1. The molecule has 1 nitrogen and oxygen atoms in total. The van der Waals surface area contributed by atoms with Crippen molar-refractivity contribution < 1.29 is 4.74 Å². The fourth-order valence-electron chi connectivity index (χ4n) is 1.03. The summed E-state index contributed by atoms with van der Waals surface area (Å²) in [5.74, 6) is 0.979. The quantitative estimate of drug-likeness (QED) is 0.735. The Hall–Kier alpha value is -0.0200. The molecular weight excluding hydrogens is 236 g/mol. The van der Waals surface area contributed by atoms with Crippen molar-refractivity contribution in [1.82, 2.24) is 0 Å². The van der Waals surface area contributed by atoms with Gasteiger partial charge in [-0.25, -0.2) is 0 Å². The number of hydrogen-bond acceptors (Lipinski definition) is 2. The minimum Gasteiger partial charge on any atom is -0.494 e. The fourth-order valence-corrected chi connectivity index (χ4v) is 2.67. The van der Waals surface area contributed by atoms with Gasteiger partial charge in [0.05, 0.1) is 7.11 Å². The van der Waals surface area contributed by atoms with E-state index in [0.717, 1.165) is 9.54 Å². The highest BCUT2D eigenvalue weighted by Crippen LogP contribution is 2.41. The molecule has 0 saturated heterocycles. The van der Waals surface area contributed by atoms with E-state index in [9.17, 15) is 0 Å². The molecule has 0 saturated carbocycles. The third kappa shape index (κ3) is 1.83. The molecule has 1 heterocycles. The van der Waals surface area contributed by atoms with E-state index in [-0.39, 0.29) is 5.41 Å². The summed E-state index contributed by atoms with van der Waals surface area (Å²) in [4.78, 5) is 0. The standard InChI is InChI=1S/C9H13BrOS/c1-9(2,3)6-5-12-8(10)7(6)11-4/h5H,1-4H3. The molecule has 1 aromatic rings. The molecule has 0 aliphatic rings. The van der Waals surface area contributed by atoms with Crippen LogP contribution >= 0.6 is 27.3 Å². The zero-order valence-corrected chi connectivity index (χ0v) is 10.2. The smallest absolute Gasteiger partial charge is 0.147 e. The summed E-state index contributed by atoms with van der Waals surface area (Å²) in [6.45, 7) is 6.55. The van der Waals surface area contributed by atoms with Gasteiger partial charge in [0.2, 0.25) is 0 Å². The van der Waals surface area contributed by atoms with Gasteiger partial charge in [-0.1, -0.05) is 20.8 Å². The summed E-state index contributed by atoms with van der Waals surface area (Å²) in [6, 6.07) is 0. The molecule has 3 heteroatoms. The van der Waals surface area contributed by atoms with Crippen LogP contribution < -0.4 is 4.74 Å². The summed E-state index contributed by atoms with van der Waals surface area (Å²) in [7, 11) is 1.71. The van der Waals surface area contributed by atoms with Crippen molar-refractivity contribution in [2.75, 3.05) is 7.11 Å². The molecule has 0 amide bonds. The van der Waals surface area contributed by atoms with Crippen LogP contribution in [0.5, 0.6) is 5.75 Å². The van der Waals surface area contributed by atoms with Crippen molar-refractivity contribution >= 4 is 27.3 Å². The van der Waals surface area contributed by atoms with E-state index in [4.69, 9.17) is 4.74 Å². The average Bonchev–Trinajstić information content (AvgIpc) is 2.29. The van der Waals surface area contributed by atoms with Crippen LogP contribution in [0, 0.1) is 0 Å². The maximum atomic E-state index is 5.31. The maximum absolute atomic E-state index is 5.31. The first-order valence-corrected chi connectivity index (χ1v) is 5.45. The molecule has 0 spiro atoms. The number of halogens is 1. The molecule has 1 rings (SSSR count). The number of hydrogen-bond donors (Lipinski definition) is 0. The summed E-state index contributed by atoms with van der Waals surface area (Å²) >= 11 is 5.14. The average molecular weight is 249 g/mol. The molecule has 12 heavy (non-hydrogen) atoms. The van der Waals surface area contributed by atoms with Crippen LogP contribution in [0.1, 0.15) is 26.3 Å². The second-order valence-electron chi connectivity index (χ2n) is 3.71. The lowest BCUT2D eigenvalue weighted by Crippen LogP contribution is -2.10. The first-order chi connectivity index (χ1) is 5.46. The van der Waals surface area contributed by atoms with E-state index in [0.29, 0.717) is 0 Å². The second-order valence-corrected chi connectivity index (χ2v) is 5.90. The van der Waals surface area contributed by atoms with Crippen molar-refractivity contribution in [1.29, 1.82) is 0 Å². The lowest BCUT2D eigenvalue weighted by Gasteiger charge is -2.18. The van der Waals surface area contributed by atoms with E-state index >= 15 is 0 Å². The predicted molar refractivity (Wildman–Crippen MR) is 57.3 cm³/mol. The third-order valence-electron chi connectivity index (χ3n) is 1.72. The van der Waals surface area contributed by atoms with Gasteiger partial charge in [-0.2, -0.15) is 0 Å². The number of ether oxygens (including phenoxy) is 1. The Kier molecular flexibility index (Phi) is 2.84. The Morgan fingerprint density at radius 2 is 2.00 bits per heavy atom. The van der Waals surface area contributed by atoms with Crippen molar-refractivity contribution in [2.24, 2.45) is 0 Å². The molecule has 0 aliphatic heterocycles. The van der Waals surface area contributed by atoms with Crippen LogP contribution in [-0.2, 0) is 5.41 Å². The summed E-state index contributed by atoms with van der Waals surface area (Å²) in [5, 5.41) is 2.14. The van der Waals surface area contributed by atoms with E-state index in [1.807, 2.05) is 0 Å². The number of thiophene rings is 1. The van der Waals surface area contributed by atoms with Gasteiger partial charge >= 0.3 is 0 Å². The Balaban J connectivity index is 3.16. The van der Waals surface area contributed by atoms with Gasteiger partial charge in [-0.3, -0.25) is 0 Å². The molecule has 0 unspecified atom stereocenters. The zero-order chi connectivity index (χ0) is 9.35. The number of rotatable bonds is 1. The summed E-state index contributed by atoms with van der Waals surface area (Å²) in [5.41, 5.74) is 1.43. The normalized spacial score (nSPS) is 11.8. The maximum Gasteiger partial charge on any atom is 0.147 e. The van der Waals surface area contributed by atoms with Crippen molar-refractivity contribution in [2.45, 2.75) is 26.2 Å². The minimum absolute atomic E-state index is 0.161. The molecule has 1 aromatic heterocycles. The Morgan fingerprint density at radius 3 is 2.33 bits per heavy atom.